The minimum atomic E-state index is 0.0349. The number of carbonyl (C=O) groups excluding carboxylic acids is 1. The zero-order valence-corrected chi connectivity index (χ0v) is 14.5. The summed E-state index contributed by atoms with van der Waals surface area (Å²) in [4.78, 5) is 12.0. The Bertz CT molecular complexity index is 626. The van der Waals surface area contributed by atoms with Crippen molar-refractivity contribution in [2.24, 2.45) is 5.92 Å². The standard InChI is InChI=1S/C16H20N4OS2/c21-14(7-6-12-8-9-17-10-12)18-15-19-20-16(23-15)22-11-13-4-2-1-3-5-13/h1-5,12,17H,6-11H2,(H,18,19,21). The predicted octanol–water partition coefficient (Wildman–Crippen LogP) is 3.16. The van der Waals surface area contributed by atoms with E-state index >= 15 is 0 Å². The van der Waals surface area contributed by atoms with Gasteiger partial charge in [-0.2, -0.15) is 0 Å². The van der Waals surface area contributed by atoms with Crippen LogP contribution in [0.2, 0.25) is 0 Å². The highest BCUT2D eigenvalue weighted by Gasteiger charge is 2.16. The van der Waals surface area contributed by atoms with E-state index in [0.29, 0.717) is 17.5 Å². The number of hydrogen-bond donors (Lipinski definition) is 2. The quantitative estimate of drug-likeness (QED) is 0.594. The zero-order valence-electron chi connectivity index (χ0n) is 12.8. The Balaban J connectivity index is 1.42. The van der Waals surface area contributed by atoms with Gasteiger partial charge in [-0.1, -0.05) is 53.4 Å². The van der Waals surface area contributed by atoms with E-state index in [4.69, 9.17) is 0 Å². The summed E-state index contributed by atoms with van der Waals surface area (Å²) in [5.41, 5.74) is 1.25. The fraction of sp³-hybridized carbons (Fsp3) is 0.438. The summed E-state index contributed by atoms with van der Waals surface area (Å²) in [5, 5.41) is 15.0. The summed E-state index contributed by atoms with van der Waals surface area (Å²) in [5.74, 6) is 1.53. The van der Waals surface area contributed by atoms with Gasteiger partial charge in [0.05, 0.1) is 0 Å². The number of benzene rings is 1. The van der Waals surface area contributed by atoms with Gasteiger partial charge in [0.15, 0.2) is 4.34 Å². The van der Waals surface area contributed by atoms with E-state index in [1.54, 1.807) is 11.8 Å². The molecule has 1 aliphatic rings. The van der Waals surface area contributed by atoms with Crippen molar-refractivity contribution in [1.29, 1.82) is 0 Å². The van der Waals surface area contributed by atoms with E-state index in [2.05, 4.69) is 33.0 Å². The smallest absolute Gasteiger partial charge is 0.226 e. The molecule has 23 heavy (non-hydrogen) atoms. The first kappa shape index (κ1) is 16.4. The van der Waals surface area contributed by atoms with Gasteiger partial charge in [0.2, 0.25) is 11.0 Å². The van der Waals surface area contributed by atoms with Gasteiger partial charge in [0.25, 0.3) is 0 Å². The van der Waals surface area contributed by atoms with E-state index < -0.39 is 0 Å². The van der Waals surface area contributed by atoms with Crippen molar-refractivity contribution in [2.45, 2.75) is 29.4 Å². The third-order valence-corrected chi connectivity index (χ3v) is 5.84. The molecule has 3 rings (SSSR count). The molecule has 2 heterocycles. The van der Waals surface area contributed by atoms with Crippen molar-refractivity contribution in [2.75, 3.05) is 18.4 Å². The monoisotopic (exact) mass is 348 g/mol. The number of amides is 1. The van der Waals surface area contributed by atoms with E-state index in [9.17, 15) is 4.79 Å². The van der Waals surface area contributed by atoms with Crippen LogP contribution in [0.3, 0.4) is 0 Å². The number of carbonyl (C=O) groups is 1. The Hall–Kier alpha value is -1.44. The molecule has 2 aromatic rings. The van der Waals surface area contributed by atoms with Crippen LogP contribution < -0.4 is 10.6 Å². The van der Waals surface area contributed by atoms with Crippen LogP contribution in [0.4, 0.5) is 5.13 Å². The van der Waals surface area contributed by atoms with Crippen LogP contribution in [0.15, 0.2) is 34.7 Å². The van der Waals surface area contributed by atoms with Crippen LogP contribution in [0.25, 0.3) is 0 Å². The second-order valence-corrected chi connectivity index (χ2v) is 7.79. The Labute approximate surface area is 144 Å². The normalized spacial score (nSPS) is 17.3. The SMILES string of the molecule is O=C(CCC1CCNC1)Nc1nnc(SCc2ccccc2)s1. The summed E-state index contributed by atoms with van der Waals surface area (Å²) in [6, 6.07) is 10.3. The number of aromatic nitrogens is 2. The largest absolute Gasteiger partial charge is 0.316 e. The second kappa shape index (κ2) is 8.42. The van der Waals surface area contributed by atoms with E-state index in [1.165, 1.54) is 23.3 Å². The maximum atomic E-state index is 12.0. The first-order valence-electron chi connectivity index (χ1n) is 7.80. The molecule has 0 aliphatic carbocycles. The second-order valence-electron chi connectivity index (χ2n) is 5.59. The molecule has 1 aromatic carbocycles. The predicted molar refractivity (Wildman–Crippen MR) is 94.8 cm³/mol. The Morgan fingerprint density at radius 2 is 2.22 bits per heavy atom. The highest BCUT2D eigenvalue weighted by atomic mass is 32.2. The van der Waals surface area contributed by atoms with E-state index in [1.807, 2.05) is 18.2 Å². The molecule has 1 unspecified atom stereocenters. The van der Waals surface area contributed by atoms with E-state index in [0.717, 1.165) is 29.6 Å². The van der Waals surface area contributed by atoms with E-state index in [-0.39, 0.29) is 5.91 Å². The number of nitrogens with zero attached hydrogens (tertiary/aromatic N) is 2. The Kier molecular flexibility index (Phi) is 6.01. The summed E-state index contributed by atoms with van der Waals surface area (Å²) in [6.45, 7) is 2.11. The molecule has 1 saturated heterocycles. The molecule has 0 radical (unpaired) electrons. The molecule has 0 bridgehead atoms. The van der Waals surface area contributed by atoms with Gasteiger partial charge < -0.3 is 10.6 Å². The first-order chi connectivity index (χ1) is 11.3. The summed E-state index contributed by atoms with van der Waals surface area (Å²) < 4.78 is 0.879. The molecule has 5 nitrogen and oxygen atoms in total. The van der Waals surface area contributed by atoms with Crippen molar-refractivity contribution in [3.8, 4) is 0 Å². The minimum absolute atomic E-state index is 0.0349. The average Bonchev–Trinajstić information content (AvgIpc) is 3.24. The van der Waals surface area contributed by atoms with Gasteiger partial charge in [0, 0.05) is 12.2 Å². The first-order valence-corrected chi connectivity index (χ1v) is 9.60. The van der Waals surface area contributed by atoms with Crippen molar-refractivity contribution < 1.29 is 4.79 Å². The lowest BCUT2D eigenvalue weighted by Crippen LogP contribution is -2.14. The van der Waals surface area contributed by atoms with Crippen LogP contribution in [0.1, 0.15) is 24.8 Å². The maximum Gasteiger partial charge on any atom is 0.226 e. The molecular weight excluding hydrogens is 328 g/mol. The van der Waals surface area contributed by atoms with Crippen LogP contribution in [0, 0.1) is 5.92 Å². The highest BCUT2D eigenvalue weighted by molar-refractivity contribution is 8.00. The average molecular weight is 348 g/mol. The molecule has 0 saturated carbocycles. The number of hydrogen-bond acceptors (Lipinski definition) is 6. The summed E-state index contributed by atoms with van der Waals surface area (Å²) in [6.07, 6.45) is 2.66. The summed E-state index contributed by atoms with van der Waals surface area (Å²) >= 11 is 3.08. The maximum absolute atomic E-state index is 12.0. The topological polar surface area (TPSA) is 66.9 Å². The van der Waals surface area contributed by atoms with Crippen molar-refractivity contribution in [3.05, 3.63) is 35.9 Å². The molecule has 1 amide bonds. The molecular formula is C16H20N4OS2. The Morgan fingerprint density at radius 3 is 3.00 bits per heavy atom. The van der Waals surface area contributed by atoms with Crippen molar-refractivity contribution >= 4 is 34.1 Å². The van der Waals surface area contributed by atoms with Crippen LogP contribution in [0.5, 0.6) is 0 Å². The Morgan fingerprint density at radius 1 is 1.35 bits per heavy atom. The van der Waals surface area contributed by atoms with Crippen molar-refractivity contribution in [1.82, 2.24) is 15.5 Å². The van der Waals surface area contributed by atoms with Crippen molar-refractivity contribution in [3.63, 3.8) is 0 Å². The minimum Gasteiger partial charge on any atom is -0.316 e. The zero-order chi connectivity index (χ0) is 15.9. The third kappa shape index (κ3) is 5.30. The van der Waals surface area contributed by atoms with Gasteiger partial charge in [-0.05, 0) is 37.4 Å². The van der Waals surface area contributed by atoms with Gasteiger partial charge in [-0.25, -0.2) is 0 Å². The van der Waals surface area contributed by atoms with Gasteiger partial charge in [-0.3, -0.25) is 4.79 Å². The third-order valence-electron chi connectivity index (χ3n) is 3.80. The molecule has 122 valence electrons. The molecule has 2 N–H and O–H groups in total. The number of anilines is 1. The van der Waals surface area contributed by atoms with Crippen LogP contribution in [-0.2, 0) is 10.5 Å². The molecule has 0 spiro atoms. The fourth-order valence-electron chi connectivity index (χ4n) is 2.52. The molecule has 1 aliphatic heterocycles. The molecule has 7 heteroatoms. The molecule has 1 fully saturated rings. The molecule has 1 aromatic heterocycles. The number of rotatable bonds is 7. The lowest BCUT2D eigenvalue weighted by molar-refractivity contribution is -0.116. The molecule has 1 atom stereocenters. The van der Waals surface area contributed by atoms with Crippen LogP contribution in [-0.4, -0.2) is 29.2 Å². The number of thioether (sulfide) groups is 1. The summed E-state index contributed by atoms with van der Waals surface area (Å²) in [7, 11) is 0. The number of nitrogens with one attached hydrogen (secondary N) is 2. The fourth-order valence-corrected chi connectivity index (χ4v) is 4.24. The highest BCUT2D eigenvalue weighted by Crippen LogP contribution is 2.28. The lowest BCUT2D eigenvalue weighted by Gasteiger charge is -2.06. The van der Waals surface area contributed by atoms with Crippen LogP contribution >= 0.6 is 23.1 Å². The van der Waals surface area contributed by atoms with Gasteiger partial charge in [0.1, 0.15) is 0 Å². The lowest BCUT2D eigenvalue weighted by atomic mass is 10.0. The van der Waals surface area contributed by atoms with Gasteiger partial charge >= 0.3 is 0 Å². The van der Waals surface area contributed by atoms with Gasteiger partial charge in [-0.15, -0.1) is 10.2 Å².